The fourth-order valence-electron chi connectivity index (χ4n) is 2.86. The predicted octanol–water partition coefficient (Wildman–Crippen LogP) is 2.43. The van der Waals surface area contributed by atoms with E-state index in [1.807, 2.05) is 31.2 Å². The molecule has 1 aromatic heterocycles. The minimum atomic E-state index is -0.917. The van der Waals surface area contributed by atoms with Crippen LogP contribution in [-0.2, 0) is 11.3 Å². The lowest BCUT2D eigenvalue weighted by Crippen LogP contribution is -2.49. The molecule has 2 heterocycles. The van der Waals surface area contributed by atoms with E-state index in [1.54, 1.807) is 11.4 Å². The number of nitrogens with zero attached hydrogens (tertiary/aromatic N) is 1. The van der Waals surface area contributed by atoms with Crippen molar-refractivity contribution in [3.05, 3.63) is 57.3 Å². The molecule has 3 rings (SSSR count). The highest BCUT2D eigenvalue weighted by molar-refractivity contribution is 7.10. The Morgan fingerprint density at radius 1 is 1.43 bits per heavy atom. The third-order valence-electron chi connectivity index (χ3n) is 3.93. The maximum Gasteiger partial charge on any atom is 0.336 e. The molecule has 0 aliphatic carbocycles. The van der Waals surface area contributed by atoms with E-state index in [0.29, 0.717) is 18.7 Å². The lowest BCUT2D eigenvalue weighted by Gasteiger charge is -2.35. The molecule has 2 N–H and O–H groups in total. The molecule has 0 radical (unpaired) electrons. The van der Waals surface area contributed by atoms with E-state index in [9.17, 15) is 9.59 Å². The second-order valence-corrected chi connectivity index (χ2v) is 6.68. The van der Waals surface area contributed by atoms with Crippen LogP contribution < -0.4 is 5.32 Å². The second kappa shape index (κ2) is 6.52. The molecule has 23 heavy (non-hydrogen) atoms. The number of hydrogen-bond acceptors (Lipinski definition) is 4. The van der Waals surface area contributed by atoms with Gasteiger partial charge < -0.3 is 10.4 Å². The molecule has 1 unspecified atom stereocenters. The zero-order valence-corrected chi connectivity index (χ0v) is 13.6. The van der Waals surface area contributed by atoms with Crippen molar-refractivity contribution < 1.29 is 14.7 Å². The maximum atomic E-state index is 12.4. The van der Waals surface area contributed by atoms with E-state index in [2.05, 4.69) is 10.2 Å². The number of thiophene rings is 1. The lowest BCUT2D eigenvalue weighted by molar-refractivity contribution is -0.129. The SMILES string of the molecule is Cc1cccc(C2C(=O)NCCN2Cc2cc(C(=O)O)cs2)c1. The molecule has 1 saturated heterocycles. The standard InChI is InChI=1S/C17H18N2O3S/c1-11-3-2-4-12(7-11)15-16(20)18-5-6-19(15)9-14-8-13(10-23-14)17(21)22/h2-4,7-8,10,15H,5-6,9H2,1H3,(H,18,20)(H,21,22). The summed E-state index contributed by atoms with van der Waals surface area (Å²) in [5.41, 5.74) is 2.39. The van der Waals surface area contributed by atoms with Crippen LogP contribution in [0.15, 0.2) is 35.7 Å². The van der Waals surface area contributed by atoms with Crippen LogP contribution in [-0.4, -0.2) is 35.0 Å². The van der Waals surface area contributed by atoms with Gasteiger partial charge in [-0.2, -0.15) is 0 Å². The molecule has 6 heteroatoms. The molecular formula is C17H18N2O3S. The summed E-state index contributed by atoms with van der Waals surface area (Å²) in [4.78, 5) is 26.4. The molecule has 0 saturated carbocycles. The van der Waals surface area contributed by atoms with Crippen molar-refractivity contribution in [1.82, 2.24) is 10.2 Å². The van der Waals surface area contributed by atoms with Crippen LogP contribution in [0.3, 0.4) is 0 Å². The maximum absolute atomic E-state index is 12.4. The molecule has 120 valence electrons. The van der Waals surface area contributed by atoms with Gasteiger partial charge in [0, 0.05) is 29.9 Å². The van der Waals surface area contributed by atoms with E-state index in [0.717, 1.165) is 22.5 Å². The molecule has 1 amide bonds. The summed E-state index contributed by atoms with van der Waals surface area (Å²) in [6.45, 7) is 3.93. The number of carbonyl (C=O) groups is 2. The number of benzene rings is 1. The van der Waals surface area contributed by atoms with E-state index in [-0.39, 0.29) is 11.9 Å². The summed E-state index contributed by atoms with van der Waals surface area (Å²) in [6, 6.07) is 9.31. The van der Waals surface area contributed by atoms with Crippen LogP contribution >= 0.6 is 11.3 Å². The highest BCUT2D eigenvalue weighted by atomic mass is 32.1. The Bertz CT molecular complexity index is 741. The highest BCUT2D eigenvalue weighted by Gasteiger charge is 2.31. The van der Waals surface area contributed by atoms with Crippen molar-refractivity contribution in [2.24, 2.45) is 0 Å². The summed E-state index contributed by atoms with van der Waals surface area (Å²) in [5.74, 6) is -0.920. The molecule has 1 aliphatic rings. The Kier molecular flexibility index (Phi) is 4.45. The first-order valence-electron chi connectivity index (χ1n) is 7.43. The van der Waals surface area contributed by atoms with Gasteiger partial charge in [-0.3, -0.25) is 9.69 Å². The first-order valence-corrected chi connectivity index (χ1v) is 8.31. The topological polar surface area (TPSA) is 69.6 Å². The molecule has 5 nitrogen and oxygen atoms in total. The van der Waals surface area contributed by atoms with Gasteiger partial charge in [0.25, 0.3) is 0 Å². The average Bonchev–Trinajstić information content (AvgIpc) is 2.96. The van der Waals surface area contributed by atoms with Gasteiger partial charge in [0.15, 0.2) is 0 Å². The number of aryl methyl sites for hydroxylation is 1. The van der Waals surface area contributed by atoms with Crippen LogP contribution in [0, 0.1) is 6.92 Å². The van der Waals surface area contributed by atoms with Crippen LogP contribution in [0.1, 0.15) is 32.4 Å². The van der Waals surface area contributed by atoms with Gasteiger partial charge in [-0.15, -0.1) is 11.3 Å². The molecule has 1 aliphatic heterocycles. The molecule has 0 spiro atoms. The number of piperazine rings is 1. The largest absolute Gasteiger partial charge is 0.478 e. The Morgan fingerprint density at radius 2 is 2.26 bits per heavy atom. The minimum absolute atomic E-state index is 0.00290. The number of rotatable bonds is 4. The number of carbonyl (C=O) groups excluding carboxylic acids is 1. The third-order valence-corrected chi connectivity index (χ3v) is 4.85. The molecule has 1 aromatic carbocycles. The van der Waals surface area contributed by atoms with Gasteiger partial charge in [-0.05, 0) is 18.6 Å². The summed E-state index contributed by atoms with van der Waals surface area (Å²) < 4.78 is 0. The summed E-state index contributed by atoms with van der Waals surface area (Å²) in [7, 11) is 0. The first-order chi connectivity index (χ1) is 11.0. The van der Waals surface area contributed by atoms with Crippen LogP contribution in [0.5, 0.6) is 0 Å². The fraction of sp³-hybridized carbons (Fsp3) is 0.294. The number of hydrogen-bond donors (Lipinski definition) is 2. The van der Waals surface area contributed by atoms with Crippen molar-refractivity contribution >= 4 is 23.2 Å². The zero-order valence-electron chi connectivity index (χ0n) is 12.8. The Balaban J connectivity index is 1.85. The van der Waals surface area contributed by atoms with Crippen molar-refractivity contribution in [2.45, 2.75) is 19.5 Å². The fourth-order valence-corrected chi connectivity index (χ4v) is 3.75. The summed E-state index contributed by atoms with van der Waals surface area (Å²) >= 11 is 1.42. The molecule has 1 atom stereocenters. The number of nitrogens with one attached hydrogen (secondary N) is 1. The molecule has 1 fully saturated rings. The number of carboxylic acids is 1. The van der Waals surface area contributed by atoms with Crippen molar-refractivity contribution in [1.29, 1.82) is 0 Å². The van der Waals surface area contributed by atoms with Crippen LogP contribution in [0.2, 0.25) is 0 Å². The van der Waals surface area contributed by atoms with Gasteiger partial charge in [-0.1, -0.05) is 29.8 Å². The van der Waals surface area contributed by atoms with E-state index >= 15 is 0 Å². The zero-order chi connectivity index (χ0) is 16.4. The number of aromatic carboxylic acids is 1. The quantitative estimate of drug-likeness (QED) is 0.903. The highest BCUT2D eigenvalue weighted by Crippen LogP contribution is 2.27. The molecule has 0 bridgehead atoms. The minimum Gasteiger partial charge on any atom is -0.478 e. The Morgan fingerprint density at radius 3 is 2.96 bits per heavy atom. The van der Waals surface area contributed by atoms with Crippen molar-refractivity contribution in [3.8, 4) is 0 Å². The average molecular weight is 330 g/mol. The predicted molar refractivity (Wildman–Crippen MR) is 88.6 cm³/mol. The van der Waals surface area contributed by atoms with E-state index in [1.165, 1.54) is 11.3 Å². The van der Waals surface area contributed by atoms with E-state index < -0.39 is 5.97 Å². The van der Waals surface area contributed by atoms with Crippen molar-refractivity contribution in [3.63, 3.8) is 0 Å². The van der Waals surface area contributed by atoms with Gasteiger partial charge in [0.05, 0.1) is 5.56 Å². The monoisotopic (exact) mass is 330 g/mol. The smallest absolute Gasteiger partial charge is 0.336 e. The third kappa shape index (κ3) is 3.43. The van der Waals surface area contributed by atoms with Gasteiger partial charge in [-0.25, -0.2) is 4.79 Å². The first kappa shape index (κ1) is 15.7. The van der Waals surface area contributed by atoms with Crippen molar-refractivity contribution in [2.75, 3.05) is 13.1 Å². The van der Waals surface area contributed by atoms with Gasteiger partial charge in [0.2, 0.25) is 5.91 Å². The molecule has 2 aromatic rings. The Labute approximate surface area is 138 Å². The molecular weight excluding hydrogens is 312 g/mol. The Hall–Kier alpha value is -2.18. The second-order valence-electron chi connectivity index (χ2n) is 5.69. The van der Waals surface area contributed by atoms with E-state index in [4.69, 9.17) is 5.11 Å². The normalized spacial score (nSPS) is 18.7. The van der Waals surface area contributed by atoms with Crippen LogP contribution in [0.25, 0.3) is 0 Å². The van der Waals surface area contributed by atoms with Gasteiger partial charge >= 0.3 is 5.97 Å². The summed E-state index contributed by atoms with van der Waals surface area (Å²) in [6.07, 6.45) is 0. The number of amides is 1. The number of carboxylic acid groups (broad SMARTS) is 1. The summed E-state index contributed by atoms with van der Waals surface area (Å²) in [5, 5.41) is 13.6. The van der Waals surface area contributed by atoms with Crippen LogP contribution in [0.4, 0.5) is 0 Å². The lowest BCUT2D eigenvalue weighted by atomic mass is 10.0. The van der Waals surface area contributed by atoms with Gasteiger partial charge in [0.1, 0.15) is 6.04 Å².